The van der Waals surface area contributed by atoms with Gasteiger partial charge in [0.25, 0.3) is 0 Å². The zero-order chi connectivity index (χ0) is 13.0. The Balaban J connectivity index is 2.01. The molecule has 1 aromatic rings. The highest BCUT2D eigenvalue weighted by Crippen LogP contribution is 2.27. The minimum Gasteiger partial charge on any atom is -0.508 e. The third-order valence-corrected chi connectivity index (χ3v) is 3.67. The Morgan fingerprint density at radius 1 is 1.39 bits per heavy atom. The van der Waals surface area contributed by atoms with Crippen LogP contribution in [0.3, 0.4) is 0 Å². The first kappa shape index (κ1) is 13.2. The molecule has 4 N–H and O–H groups in total. The van der Waals surface area contributed by atoms with E-state index in [0.29, 0.717) is 17.5 Å². The van der Waals surface area contributed by atoms with E-state index in [1.165, 1.54) is 12.8 Å². The number of nitrogen functional groups attached to an aromatic ring is 1. The summed E-state index contributed by atoms with van der Waals surface area (Å²) in [5.74, 6) is 0.317. The monoisotopic (exact) mass is 250 g/mol. The molecule has 100 valence electrons. The predicted octanol–water partition coefficient (Wildman–Crippen LogP) is 1.71. The van der Waals surface area contributed by atoms with Gasteiger partial charge in [0.15, 0.2) is 0 Å². The zero-order valence-electron chi connectivity index (χ0n) is 10.7. The number of aliphatic hydroxyl groups is 1. The molecule has 1 aliphatic heterocycles. The summed E-state index contributed by atoms with van der Waals surface area (Å²) in [5.41, 5.74) is 7.34. The summed E-state index contributed by atoms with van der Waals surface area (Å²) in [6.45, 7) is 2.06. The van der Waals surface area contributed by atoms with Crippen LogP contribution in [0.5, 0.6) is 5.75 Å². The van der Waals surface area contributed by atoms with Crippen molar-refractivity contribution < 1.29 is 10.2 Å². The number of aliphatic hydroxyl groups excluding tert-OH is 1. The van der Waals surface area contributed by atoms with Crippen molar-refractivity contribution in [2.24, 2.45) is 0 Å². The van der Waals surface area contributed by atoms with Gasteiger partial charge in [-0.05, 0) is 50.4 Å². The standard InChI is InChI=1S/C14H22N2O2/c15-12-5-6-14(18)11(9-12)10-16-7-1-3-13(16)4-2-8-17/h5-6,9,13,17-18H,1-4,7-8,10,15H2. The Morgan fingerprint density at radius 3 is 3.00 bits per heavy atom. The number of phenolic OH excluding ortho intramolecular Hbond substituents is 1. The molecule has 0 spiro atoms. The maximum Gasteiger partial charge on any atom is 0.120 e. The lowest BCUT2D eigenvalue weighted by Gasteiger charge is -2.24. The maximum absolute atomic E-state index is 9.84. The van der Waals surface area contributed by atoms with Gasteiger partial charge in [-0.1, -0.05) is 0 Å². The SMILES string of the molecule is Nc1ccc(O)c(CN2CCCC2CCCO)c1. The predicted molar refractivity (Wildman–Crippen MR) is 72.3 cm³/mol. The minimum atomic E-state index is 0.258. The van der Waals surface area contributed by atoms with Gasteiger partial charge < -0.3 is 15.9 Å². The Bertz CT molecular complexity index is 395. The molecule has 0 saturated carbocycles. The number of benzene rings is 1. The molecule has 1 aromatic carbocycles. The van der Waals surface area contributed by atoms with Gasteiger partial charge >= 0.3 is 0 Å². The Hall–Kier alpha value is -1.26. The second-order valence-electron chi connectivity index (χ2n) is 5.02. The Labute approximate surface area is 108 Å². The van der Waals surface area contributed by atoms with E-state index in [0.717, 1.165) is 31.5 Å². The number of anilines is 1. The molecule has 1 aliphatic rings. The van der Waals surface area contributed by atoms with Crippen LogP contribution in [-0.2, 0) is 6.54 Å². The average molecular weight is 250 g/mol. The molecule has 0 bridgehead atoms. The normalized spacial score (nSPS) is 20.4. The van der Waals surface area contributed by atoms with Crippen molar-refractivity contribution in [3.05, 3.63) is 23.8 Å². The van der Waals surface area contributed by atoms with Crippen LogP contribution in [0.25, 0.3) is 0 Å². The van der Waals surface area contributed by atoms with Crippen LogP contribution in [-0.4, -0.2) is 34.3 Å². The summed E-state index contributed by atoms with van der Waals surface area (Å²) in [4.78, 5) is 2.38. The molecule has 1 fully saturated rings. The lowest BCUT2D eigenvalue weighted by molar-refractivity contribution is 0.208. The molecule has 1 saturated heterocycles. The van der Waals surface area contributed by atoms with Crippen molar-refractivity contribution in [3.8, 4) is 5.75 Å². The van der Waals surface area contributed by atoms with Gasteiger partial charge in [0.05, 0.1) is 0 Å². The van der Waals surface area contributed by atoms with Crippen LogP contribution in [0.4, 0.5) is 5.69 Å². The highest BCUT2D eigenvalue weighted by atomic mass is 16.3. The molecular formula is C14H22N2O2. The Morgan fingerprint density at radius 2 is 2.22 bits per heavy atom. The first-order valence-electron chi connectivity index (χ1n) is 6.63. The largest absolute Gasteiger partial charge is 0.508 e. The van der Waals surface area contributed by atoms with E-state index in [4.69, 9.17) is 10.8 Å². The van der Waals surface area contributed by atoms with Crippen LogP contribution in [0.15, 0.2) is 18.2 Å². The van der Waals surface area contributed by atoms with E-state index in [1.807, 2.05) is 6.07 Å². The summed E-state index contributed by atoms with van der Waals surface area (Å²) in [5, 5.41) is 18.7. The molecule has 0 radical (unpaired) electrons. The van der Waals surface area contributed by atoms with Crippen LogP contribution in [0.1, 0.15) is 31.2 Å². The van der Waals surface area contributed by atoms with Crippen LogP contribution < -0.4 is 5.73 Å². The van der Waals surface area contributed by atoms with E-state index in [-0.39, 0.29) is 6.61 Å². The van der Waals surface area contributed by atoms with Gasteiger partial charge in [-0.15, -0.1) is 0 Å². The second kappa shape index (κ2) is 6.07. The fourth-order valence-electron chi connectivity index (χ4n) is 2.71. The van der Waals surface area contributed by atoms with Crippen LogP contribution >= 0.6 is 0 Å². The topological polar surface area (TPSA) is 69.7 Å². The number of hydrogen-bond donors (Lipinski definition) is 3. The molecular weight excluding hydrogens is 228 g/mol. The molecule has 18 heavy (non-hydrogen) atoms. The summed E-state index contributed by atoms with van der Waals surface area (Å²) >= 11 is 0. The number of nitrogens with two attached hydrogens (primary N) is 1. The van der Waals surface area contributed by atoms with Gasteiger partial charge in [0.2, 0.25) is 0 Å². The third kappa shape index (κ3) is 3.15. The van der Waals surface area contributed by atoms with Crippen molar-refractivity contribution in [1.82, 2.24) is 4.90 Å². The summed E-state index contributed by atoms with van der Waals surface area (Å²) in [6, 6.07) is 5.74. The van der Waals surface area contributed by atoms with Gasteiger partial charge in [0.1, 0.15) is 5.75 Å². The van der Waals surface area contributed by atoms with Crippen molar-refractivity contribution >= 4 is 5.69 Å². The number of likely N-dealkylation sites (tertiary alicyclic amines) is 1. The smallest absolute Gasteiger partial charge is 0.120 e. The molecule has 1 heterocycles. The van der Waals surface area contributed by atoms with Gasteiger partial charge in [-0.25, -0.2) is 0 Å². The van der Waals surface area contributed by atoms with Crippen molar-refractivity contribution in [1.29, 1.82) is 0 Å². The lowest BCUT2D eigenvalue weighted by Crippen LogP contribution is -2.29. The summed E-state index contributed by atoms with van der Waals surface area (Å²) in [7, 11) is 0. The minimum absolute atomic E-state index is 0.258. The second-order valence-corrected chi connectivity index (χ2v) is 5.02. The summed E-state index contributed by atoms with van der Waals surface area (Å²) < 4.78 is 0. The third-order valence-electron chi connectivity index (χ3n) is 3.67. The number of aromatic hydroxyl groups is 1. The van der Waals surface area contributed by atoms with Gasteiger partial charge in [-0.3, -0.25) is 4.90 Å². The molecule has 0 aliphatic carbocycles. The van der Waals surface area contributed by atoms with Gasteiger partial charge in [0, 0.05) is 30.4 Å². The first-order valence-corrected chi connectivity index (χ1v) is 6.63. The highest BCUT2D eigenvalue weighted by Gasteiger charge is 2.24. The molecule has 1 unspecified atom stereocenters. The van der Waals surface area contributed by atoms with E-state index in [1.54, 1.807) is 12.1 Å². The molecule has 2 rings (SSSR count). The molecule has 4 heteroatoms. The quantitative estimate of drug-likeness (QED) is 0.549. The first-order chi connectivity index (χ1) is 8.70. The van der Waals surface area contributed by atoms with E-state index in [2.05, 4.69) is 4.90 Å². The van der Waals surface area contributed by atoms with E-state index in [9.17, 15) is 5.11 Å². The zero-order valence-corrected chi connectivity index (χ0v) is 10.7. The van der Waals surface area contributed by atoms with E-state index >= 15 is 0 Å². The van der Waals surface area contributed by atoms with Crippen molar-refractivity contribution in [3.63, 3.8) is 0 Å². The number of rotatable bonds is 5. The number of nitrogens with zero attached hydrogens (tertiary/aromatic N) is 1. The molecule has 0 aromatic heterocycles. The number of hydrogen-bond acceptors (Lipinski definition) is 4. The van der Waals surface area contributed by atoms with Crippen LogP contribution in [0.2, 0.25) is 0 Å². The van der Waals surface area contributed by atoms with Crippen molar-refractivity contribution in [2.75, 3.05) is 18.9 Å². The fraction of sp³-hybridized carbons (Fsp3) is 0.571. The molecule has 0 amide bonds. The lowest BCUT2D eigenvalue weighted by atomic mass is 10.1. The number of phenols is 1. The highest BCUT2D eigenvalue weighted by molar-refractivity contribution is 5.47. The summed E-state index contributed by atoms with van der Waals surface area (Å²) in [6.07, 6.45) is 4.26. The Kier molecular flexibility index (Phi) is 4.44. The maximum atomic E-state index is 9.84. The molecule has 4 nitrogen and oxygen atoms in total. The molecule has 1 atom stereocenters. The van der Waals surface area contributed by atoms with Gasteiger partial charge in [-0.2, -0.15) is 0 Å². The fourth-order valence-corrected chi connectivity index (χ4v) is 2.71. The average Bonchev–Trinajstić information content (AvgIpc) is 2.79. The van der Waals surface area contributed by atoms with Crippen molar-refractivity contribution in [2.45, 2.75) is 38.3 Å². The van der Waals surface area contributed by atoms with E-state index < -0.39 is 0 Å². The van der Waals surface area contributed by atoms with Crippen LogP contribution in [0, 0.1) is 0 Å².